The van der Waals surface area contributed by atoms with E-state index in [4.69, 9.17) is 14.2 Å². The van der Waals surface area contributed by atoms with Crippen molar-refractivity contribution in [3.05, 3.63) is 103 Å². The van der Waals surface area contributed by atoms with Crippen molar-refractivity contribution in [2.45, 2.75) is 200 Å². The number of nitrogens with one attached hydrogen (secondary N) is 6. The minimum atomic E-state index is -0.470. The zero-order valence-corrected chi connectivity index (χ0v) is 51.9. The van der Waals surface area contributed by atoms with Crippen LogP contribution in [0.15, 0.2) is 72.4 Å². The first-order valence-corrected chi connectivity index (χ1v) is 27.9. The molecule has 4 aromatic heterocycles. The van der Waals surface area contributed by atoms with Crippen LogP contribution in [0.3, 0.4) is 0 Å². The summed E-state index contributed by atoms with van der Waals surface area (Å²) in [7, 11) is 0. The summed E-state index contributed by atoms with van der Waals surface area (Å²) in [5.74, 6) is 0.860. The SMILES string of the molecule is CC(C)(C)OC(=O)NC1CC2(C1)CC(C(=O)Sc1ccccn1)C2.Cc1c[nH]c(C(=O)C2CC3(CC(NC(=O)OC(C)(C)C)C3)C2)c1.Cc1cc[nH]c1.Cc1cc[nH]c1C(=O)C1CC2(CC(NC(=O)OC(C)(C)C)C2)C1.[CH3-].[Cl-].[Mg+2]. The van der Waals surface area contributed by atoms with E-state index in [0.29, 0.717) is 0 Å². The molecule has 3 amide bonds. The van der Waals surface area contributed by atoms with Crippen molar-refractivity contribution in [3.63, 3.8) is 0 Å². The summed E-state index contributed by atoms with van der Waals surface area (Å²) < 4.78 is 15.8. The summed E-state index contributed by atoms with van der Waals surface area (Å²) in [4.78, 5) is 85.5. The first-order valence-electron chi connectivity index (χ1n) is 27.1. The topological polar surface area (TPSA) is 226 Å². The summed E-state index contributed by atoms with van der Waals surface area (Å²) >= 11 is 1.24. The third kappa shape index (κ3) is 18.9. The molecule has 6 aliphatic rings. The maximum atomic E-state index is 12.4. The molecule has 6 fully saturated rings. The van der Waals surface area contributed by atoms with Gasteiger partial charge in [0.05, 0.1) is 11.4 Å². The number of nitrogens with zero attached hydrogens (tertiary/aromatic N) is 1. The van der Waals surface area contributed by atoms with Crippen LogP contribution in [-0.4, -0.2) is 113 Å². The normalized spacial score (nSPS) is 26.6. The number of ether oxygens (including phenoxy) is 3. The van der Waals surface area contributed by atoms with Gasteiger partial charge in [-0.05, 0) is 235 Å². The summed E-state index contributed by atoms with van der Waals surface area (Å²) in [6.45, 7) is 22.7. The molecule has 6 N–H and O–H groups in total. The van der Waals surface area contributed by atoms with E-state index in [1.54, 1.807) is 6.20 Å². The zero-order valence-electron chi connectivity index (χ0n) is 48.9. The van der Waals surface area contributed by atoms with E-state index < -0.39 is 16.8 Å². The molecular formula is C60H86ClMgN7O9S. The zero-order chi connectivity index (χ0) is 55.4. The second-order valence-corrected chi connectivity index (χ2v) is 26.9. The molecular weight excluding hydrogens is 1050 g/mol. The van der Waals surface area contributed by atoms with Gasteiger partial charge in [-0.3, -0.25) is 14.4 Å². The number of halogens is 1. The van der Waals surface area contributed by atoms with Crippen molar-refractivity contribution in [2.75, 3.05) is 0 Å². The second-order valence-electron chi connectivity index (χ2n) is 25.9. The second kappa shape index (κ2) is 26.9. The predicted octanol–water partition coefficient (Wildman–Crippen LogP) is 9.36. The average molecular weight is 1140 g/mol. The number of carbonyl (C=O) groups excluding carboxylic acids is 6. The molecule has 6 saturated carbocycles. The van der Waals surface area contributed by atoms with Gasteiger partial charge in [-0.15, -0.1) is 0 Å². The number of ketones is 2. The first-order chi connectivity index (χ1) is 35.5. The molecule has 0 bridgehead atoms. The van der Waals surface area contributed by atoms with E-state index in [1.165, 1.54) is 17.3 Å². The Labute approximate surface area is 495 Å². The minimum Gasteiger partial charge on any atom is -1.00 e. The third-order valence-electron chi connectivity index (χ3n) is 15.3. The third-order valence-corrected chi connectivity index (χ3v) is 16.3. The number of carbonyl (C=O) groups is 6. The van der Waals surface area contributed by atoms with Gasteiger partial charge in [0.15, 0.2) is 16.7 Å². The molecule has 4 aromatic rings. The van der Waals surface area contributed by atoms with Crippen molar-refractivity contribution >= 4 is 69.8 Å². The quantitative estimate of drug-likeness (QED) is 0.0304. The summed E-state index contributed by atoms with van der Waals surface area (Å²) in [5.41, 5.74) is 4.27. The average Bonchev–Trinajstić information content (AvgIpc) is 4.00. The molecule has 4 heterocycles. The van der Waals surface area contributed by atoms with Gasteiger partial charge in [0.2, 0.25) is 0 Å². The molecule has 0 unspecified atom stereocenters. The Kier molecular flexibility index (Phi) is 22.7. The Morgan fingerprint density at radius 3 is 1.34 bits per heavy atom. The van der Waals surface area contributed by atoms with Crippen LogP contribution in [0.4, 0.5) is 14.4 Å². The van der Waals surface area contributed by atoms with Gasteiger partial charge in [-0.2, -0.15) is 0 Å². The Morgan fingerprint density at radius 1 is 0.570 bits per heavy atom. The Bertz CT molecular complexity index is 2650. The molecule has 430 valence electrons. The number of hydrogen-bond acceptors (Lipinski definition) is 11. The van der Waals surface area contributed by atoms with Gasteiger partial charge in [-0.1, -0.05) is 6.07 Å². The number of pyridine rings is 1. The Morgan fingerprint density at radius 2 is 1.01 bits per heavy atom. The van der Waals surface area contributed by atoms with E-state index in [0.717, 1.165) is 105 Å². The number of Topliss-reactive ketones (excluding diaryl/α,β-unsaturated/α-hetero) is 2. The fourth-order valence-corrected chi connectivity index (χ4v) is 12.8. The smallest absolute Gasteiger partial charge is 1.00 e. The van der Waals surface area contributed by atoms with E-state index in [1.807, 2.05) is 137 Å². The van der Waals surface area contributed by atoms with E-state index in [9.17, 15) is 28.8 Å². The molecule has 16 nitrogen and oxygen atoms in total. The Hall–Kier alpha value is -4.78. The van der Waals surface area contributed by atoms with Gasteiger partial charge in [-0.25, -0.2) is 19.4 Å². The van der Waals surface area contributed by atoms with Crippen LogP contribution in [0.5, 0.6) is 0 Å². The summed E-state index contributed by atoms with van der Waals surface area (Å²) in [6, 6.07) is 12.0. The molecule has 79 heavy (non-hydrogen) atoms. The van der Waals surface area contributed by atoms with Crippen LogP contribution in [-0.2, 0) is 19.0 Å². The number of aromatic nitrogens is 4. The molecule has 0 saturated heterocycles. The van der Waals surface area contributed by atoms with Crippen LogP contribution in [0.1, 0.15) is 177 Å². The molecule has 0 radical (unpaired) electrons. The number of aryl methyl sites for hydroxylation is 3. The molecule has 6 aliphatic carbocycles. The minimum absolute atomic E-state index is 0. The standard InChI is InChI=1S/C18H24N2O3S.2C18H26N2O3.C5H7N.CH3.ClH.Mg/c1-17(2,3)23-16(22)20-13-10-18(11-13)8-12(9-18)15(21)24-14-6-4-5-7-19-14;1-11-5-14(19-10-11)15(21)12-6-18(7-12)8-13(9-18)20-16(22)23-17(2,3)4;1-11-5-6-19-14(11)15(21)12-7-18(8-12)9-13(10-18)20-16(22)23-17(2,3)4;1-5-2-3-6-4-5;;;/h4-7,12-13H,8-11H2,1-3H3,(H,20,22);5,10,12-13,19H,6-9H2,1-4H3,(H,20,22);5-6,12-13,19H,7-10H2,1-4H3,(H,20,22);2-4,6H,1H3;1H3;1H;/q;;;;-1;;+2/p-1. The fraction of sp³-hybridized carbons (Fsp3) is 0.600. The van der Waals surface area contributed by atoms with Gasteiger partial charge >= 0.3 is 41.3 Å². The van der Waals surface area contributed by atoms with Crippen LogP contribution < -0.4 is 28.4 Å². The number of hydrogen-bond donors (Lipinski definition) is 6. The number of H-pyrrole nitrogens is 3. The summed E-state index contributed by atoms with van der Waals surface area (Å²) in [6.07, 6.45) is 19.6. The molecule has 3 spiro atoms. The number of rotatable bonds is 9. The fourth-order valence-electron chi connectivity index (χ4n) is 12.0. The maximum absolute atomic E-state index is 12.4. The van der Waals surface area contributed by atoms with Crippen molar-refractivity contribution in [1.82, 2.24) is 35.9 Å². The van der Waals surface area contributed by atoms with Crippen molar-refractivity contribution < 1.29 is 55.4 Å². The van der Waals surface area contributed by atoms with E-state index >= 15 is 0 Å². The van der Waals surface area contributed by atoms with Crippen LogP contribution in [0, 0.1) is 62.2 Å². The number of alkyl carbamates (subject to hydrolysis) is 3. The Balaban J connectivity index is 0.000000237. The van der Waals surface area contributed by atoms with Crippen molar-refractivity contribution in [2.24, 2.45) is 34.0 Å². The van der Waals surface area contributed by atoms with Gasteiger partial charge in [0.1, 0.15) is 21.8 Å². The maximum Gasteiger partial charge on any atom is 2.00 e. The van der Waals surface area contributed by atoms with E-state index in [-0.39, 0.29) is 130 Å². The van der Waals surface area contributed by atoms with E-state index in [2.05, 4.69) is 42.8 Å². The van der Waals surface area contributed by atoms with Gasteiger partial charge in [0.25, 0.3) is 0 Å². The van der Waals surface area contributed by atoms with Crippen LogP contribution >= 0.6 is 11.8 Å². The van der Waals surface area contributed by atoms with Gasteiger partial charge < -0.3 is 64.9 Å². The molecule has 0 aliphatic heterocycles. The number of amides is 3. The molecule has 0 atom stereocenters. The number of thioether (sulfide) groups is 1. The van der Waals surface area contributed by atoms with Gasteiger partial charge in [0, 0.05) is 66.9 Å². The monoisotopic (exact) mass is 1140 g/mol. The molecule has 0 aromatic carbocycles. The molecule has 10 rings (SSSR count). The largest absolute Gasteiger partial charge is 2.00 e. The first kappa shape index (κ1) is 66.7. The van der Waals surface area contributed by atoms with Crippen LogP contribution in [0.2, 0.25) is 0 Å². The molecule has 19 heteroatoms. The van der Waals surface area contributed by atoms with Crippen LogP contribution in [0.25, 0.3) is 0 Å². The van der Waals surface area contributed by atoms with Crippen molar-refractivity contribution in [3.8, 4) is 0 Å². The predicted molar refractivity (Wildman–Crippen MR) is 305 cm³/mol. The summed E-state index contributed by atoms with van der Waals surface area (Å²) in [5, 5.41) is 9.74. The van der Waals surface area contributed by atoms with Crippen molar-refractivity contribution in [1.29, 1.82) is 0 Å². The number of aromatic amines is 3.